The van der Waals surface area contributed by atoms with Gasteiger partial charge in [0.2, 0.25) is 5.91 Å². The summed E-state index contributed by atoms with van der Waals surface area (Å²) in [4.78, 5) is 26.3. The first-order chi connectivity index (χ1) is 12.6. The van der Waals surface area contributed by atoms with Crippen molar-refractivity contribution in [3.63, 3.8) is 0 Å². The number of benzene rings is 1. The molecule has 9 nitrogen and oxygen atoms in total. The van der Waals surface area contributed by atoms with Crippen molar-refractivity contribution in [1.29, 1.82) is 0 Å². The standard InChI is InChI=1S/C18H22N4O5/c1-18(2,3)14-10-15(21(14)25)19-17(24)13-8-9-16(23)20(13)11-4-6-12(7-5-11)22(26)27/h4-7,10,13,22,26H,8-9H2,1-3H3,(H,19,24)/t13-/m0/s1. The van der Waals surface area contributed by atoms with Crippen LogP contribution < -0.4 is 15.4 Å². The van der Waals surface area contributed by atoms with E-state index < -0.39 is 17.2 Å². The zero-order chi connectivity index (χ0) is 19.9. The molecule has 1 fully saturated rings. The van der Waals surface area contributed by atoms with E-state index in [1.54, 1.807) is 6.08 Å². The zero-order valence-corrected chi connectivity index (χ0v) is 15.4. The highest BCUT2D eigenvalue weighted by molar-refractivity contribution is 6.10. The molecule has 1 saturated heterocycles. The lowest BCUT2D eigenvalue weighted by Crippen LogP contribution is -2.99. The summed E-state index contributed by atoms with van der Waals surface area (Å²) < 4.78 is 0.695. The number of amides is 2. The second-order valence-corrected chi connectivity index (χ2v) is 7.62. The molecule has 0 saturated carbocycles. The number of nitrogens with one attached hydrogen (secondary N) is 2. The molecule has 144 valence electrons. The first kappa shape index (κ1) is 19.0. The third kappa shape index (κ3) is 3.57. The second-order valence-electron chi connectivity index (χ2n) is 7.62. The van der Waals surface area contributed by atoms with Gasteiger partial charge in [-0.2, -0.15) is 5.23 Å². The number of hydrogen-bond acceptors (Lipinski definition) is 5. The molecule has 2 heterocycles. The molecule has 2 aliphatic heterocycles. The number of hydrogen-bond donors (Lipinski definition) is 3. The lowest BCUT2D eigenvalue weighted by Gasteiger charge is -2.31. The summed E-state index contributed by atoms with van der Waals surface area (Å²) in [5, 5.41) is 33.6. The highest BCUT2D eigenvalue weighted by Gasteiger charge is 2.41. The SMILES string of the molecule is CC(C)(C)C1=CC(NC(=O)[C@@H]2CCC(=O)N2c2ccc([NH+]([O-])O)cc2)=[N+]1[O-]. The van der Waals surface area contributed by atoms with Crippen molar-refractivity contribution < 1.29 is 24.8 Å². The fraction of sp³-hybridized carbons (Fsp3) is 0.389. The Morgan fingerprint density at radius 3 is 2.48 bits per heavy atom. The number of anilines is 1. The van der Waals surface area contributed by atoms with Crippen LogP contribution in [0.2, 0.25) is 0 Å². The molecule has 1 unspecified atom stereocenters. The fourth-order valence-electron chi connectivity index (χ4n) is 3.15. The molecule has 2 aliphatic rings. The molecule has 2 amide bonds. The van der Waals surface area contributed by atoms with Crippen LogP contribution in [0.25, 0.3) is 0 Å². The third-order valence-electron chi connectivity index (χ3n) is 4.64. The third-order valence-corrected chi connectivity index (χ3v) is 4.64. The molecule has 0 bridgehead atoms. The van der Waals surface area contributed by atoms with Gasteiger partial charge in [0.05, 0.1) is 6.08 Å². The van der Waals surface area contributed by atoms with Gasteiger partial charge in [0, 0.05) is 29.7 Å². The van der Waals surface area contributed by atoms with Crippen LogP contribution in [0.1, 0.15) is 33.6 Å². The van der Waals surface area contributed by atoms with Gasteiger partial charge in [-0.15, -0.1) is 0 Å². The van der Waals surface area contributed by atoms with Crippen LogP contribution >= 0.6 is 0 Å². The van der Waals surface area contributed by atoms with E-state index in [0.29, 0.717) is 22.5 Å². The molecule has 1 aromatic carbocycles. The topological polar surface area (TPSA) is 123 Å². The Labute approximate surface area is 156 Å². The summed E-state index contributed by atoms with van der Waals surface area (Å²) >= 11 is 0. The minimum Gasteiger partial charge on any atom is -0.710 e. The first-order valence-corrected chi connectivity index (χ1v) is 8.62. The second kappa shape index (κ2) is 6.76. The van der Waals surface area contributed by atoms with Crippen molar-refractivity contribution in [2.24, 2.45) is 5.41 Å². The average Bonchev–Trinajstić information content (AvgIpc) is 2.98. The van der Waals surface area contributed by atoms with Crippen LogP contribution in [0.15, 0.2) is 36.0 Å². The minimum absolute atomic E-state index is 0.0956. The van der Waals surface area contributed by atoms with Crippen LogP contribution in [0.5, 0.6) is 0 Å². The maximum Gasteiger partial charge on any atom is 0.330 e. The van der Waals surface area contributed by atoms with Crippen molar-refractivity contribution in [1.82, 2.24) is 5.32 Å². The molecular weight excluding hydrogens is 352 g/mol. The highest BCUT2D eigenvalue weighted by Crippen LogP contribution is 2.30. The lowest BCUT2D eigenvalue weighted by molar-refractivity contribution is -0.991. The van der Waals surface area contributed by atoms with Crippen LogP contribution in [0.4, 0.5) is 11.4 Å². The minimum atomic E-state index is -1.07. The van der Waals surface area contributed by atoms with E-state index in [1.807, 2.05) is 20.8 Å². The highest BCUT2D eigenvalue weighted by atomic mass is 16.8. The van der Waals surface area contributed by atoms with Crippen LogP contribution in [-0.4, -0.2) is 33.6 Å². The average molecular weight is 374 g/mol. The van der Waals surface area contributed by atoms with Crippen molar-refractivity contribution in [3.8, 4) is 0 Å². The monoisotopic (exact) mass is 374 g/mol. The number of quaternary nitrogens is 1. The summed E-state index contributed by atoms with van der Waals surface area (Å²) in [7, 11) is 0. The molecule has 3 N–H and O–H groups in total. The Kier molecular flexibility index (Phi) is 4.77. The summed E-state index contributed by atoms with van der Waals surface area (Å²) in [6.45, 7) is 5.71. The normalized spacial score (nSPS) is 21.1. The zero-order valence-electron chi connectivity index (χ0n) is 15.4. The molecule has 2 atom stereocenters. The molecule has 0 radical (unpaired) electrons. The molecule has 0 aromatic heterocycles. The Bertz CT molecular complexity index is 836. The number of allylic oxidation sites excluding steroid dienone is 1. The van der Waals surface area contributed by atoms with Gasteiger partial charge >= 0.3 is 5.91 Å². The fourth-order valence-corrected chi connectivity index (χ4v) is 3.15. The maximum atomic E-state index is 12.6. The quantitative estimate of drug-likeness (QED) is 0.405. The number of hydroxylamine groups is 1. The Hall–Kier alpha value is -2.75. The van der Waals surface area contributed by atoms with Gasteiger partial charge in [-0.05, 0) is 18.6 Å². The smallest absolute Gasteiger partial charge is 0.330 e. The predicted molar refractivity (Wildman–Crippen MR) is 97.0 cm³/mol. The van der Waals surface area contributed by atoms with Gasteiger partial charge in [-0.1, -0.05) is 20.8 Å². The number of carbonyl (C=O) groups excluding carboxylic acids is 2. The van der Waals surface area contributed by atoms with Crippen LogP contribution in [0, 0.1) is 15.8 Å². The Morgan fingerprint density at radius 2 is 1.96 bits per heavy atom. The summed E-state index contributed by atoms with van der Waals surface area (Å²) in [6.07, 6.45) is 2.17. The van der Waals surface area contributed by atoms with Gasteiger partial charge in [0.15, 0.2) is 5.69 Å². The molecule has 1 aromatic rings. The van der Waals surface area contributed by atoms with Gasteiger partial charge in [-0.25, -0.2) is 20.1 Å². The Balaban J connectivity index is 1.75. The van der Waals surface area contributed by atoms with E-state index in [9.17, 15) is 20.0 Å². The van der Waals surface area contributed by atoms with E-state index in [4.69, 9.17) is 5.21 Å². The predicted octanol–water partition coefficient (Wildman–Crippen LogP) is 0.554. The van der Waals surface area contributed by atoms with Crippen LogP contribution in [-0.2, 0) is 9.59 Å². The summed E-state index contributed by atoms with van der Waals surface area (Å²) in [6, 6.07) is 5.02. The van der Waals surface area contributed by atoms with Gasteiger partial charge in [-0.3, -0.25) is 9.69 Å². The van der Waals surface area contributed by atoms with E-state index in [2.05, 4.69) is 5.32 Å². The molecule has 27 heavy (non-hydrogen) atoms. The maximum absolute atomic E-state index is 12.6. The summed E-state index contributed by atoms with van der Waals surface area (Å²) in [5.74, 6) is -0.504. The van der Waals surface area contributed by atoms with Crippen molar-refractivity contribution in [3.05, 3.63) is 46.5 Å². The van der Waals surface area contributed by atoms with Crippen molar-refractivity contribution >= 4 is 29.0 Å². The van der Waals surface area contributed by atoms with Gasteiger partial charge in [0.25, 0.3) is 5.84 Å². The van der Waals surface area contributed by atoms with Crippen molar-refractivity contribution in [2.75, 3.05) is 4.90 Å². The Morgan fingerprint density at radius 1 is 1.33 bits per heavy atom. The molecule has 9 heteroatoms. The molecular formula is C18H22N4O5. The van der Waals surface area contributed by atoms with E-state index >= 15 is 0 Å². The summed E-state index contributed by atoms with van der Waals surface area (Å²) in [5.41, 5.74) is 0.794. The van der Waals surface area contributed by atoms with Crippen molar-refractivity contribution in [2.45, 2.75) is 39.7 Å². The first-order valence-electron chi connectivity index (χ1n) is 8.62. The number of carbonyl (C=O) groups is 2. The molecule has 3 rings (SSSR count). The van der Waals surface area contributed by atoms with Gasteiger partial charge < -0.3 is 10.4 Å². The lowest BCUT2D eigenvalue weighted by atomic mass is 9.89. The molecule has 0 aliphatic carbocycles. The van der Waals surface area contributed by atoms with E-state index in [-0.39, 0.29) is 29.3 Å². The number of rotatable bonds is 3. The molecule has 0 spiro atoms. The number of nitrogens with zero attached hydrogens (tertiary/aromatic N) is 2. The van der Waals surface area contributed by atoms with Crippen LogP contribution in [0.3, 0.4) is 0 Å². The number of amidine groups is 1. The van der Waals surface area contributed by atoms with E-state index in [1.165, 1.54) is 29.2 Å². The van der Waals surface area contributed by atoms with E-state index in [0.717, 1.165) is 0 Å². The van der Waals surface area contributed by atoms with Gasteiger partial charge in [0.1, 0.15) is 11.7 Å². The largest absolute Gasteiger partial charge is 0.710 e.